The molecule has 1 heterocycles. The van der Waals surface area contributed by atoms with Crippen LogP contribution in [0.15, 0.2) is 28.7 Å². The first-order chi connectivity index (χ1) is 10.2. The summed E-state index contributed by atoms with van der Waals surface area (Å²) in [5.74, 6) is 1.87. The van der Waals surface area contributed by atoms with Crippen LogP contribution in [0.3, 0.4) is 0 Å². The normalized spacial score (nSPS) is 14.5. The van der Waals surface area contributed by atoms with Gasteiger partial charge in [0.15, 0.2) is 0 Å². The highest BCUT2D eigenvalue weighted by atomic mass is 16.3. The Morgan fingerprint density at radius 1 is 1.14 bits per heavy atom. The SMILES string of the molecule is CCCNC(CC(C)CC)c1c(CC)oc2ccccc12. The number of rotatable bonds is 8. The van der Waals surface area contributed by atoms with Gasteiger partial charge in [-0.3, -0.25) is 0 Å². The fourth-order valence-electron chi connectivity index (χ4n) is 2.95. The topological polar surface area (TPSA) is 25.2 Å². The predicted octanol–water partition coefficient (Wildman–Crippen LogP) is 5.47. The van der Waals surface area contributed by atoms with E-state index in [1.807, 2.05) is 0 Å². The second kappa shape index (κ2) is 7.65. The number of hydrogen-bond acceptors (Lipinski definition) is 2. The number of fused-ring (bicyclic) bond motifs is 1. The van der Waals surface area contributed by atoms with E-state index in [1.165, 1.54) is 23.8 Å². The van der Waals surface area contributed by atoms with Gasteiger partial charge in [-0.15, -0.1) is 0 Å². The fraction of sp³-hybridized carbons (Fsp3) is 0.579. The van der Waals surface area contributed by atoms with Gasteiger partial charge in [0.05, 0.1) is 0 Å². The third-order valence-corrected chi connectivity index (χ3v) is 4.36. The standard InChI is InChI=1S/C19H29NO/c1-5-12-20-16(13-14(4)6-2)19-15-10-8-9-11-18(15)21-17(19)7-3/h8-11,14,16,20H,5-7,12-13H2,1-4H3. The predicted molar refractivity (Wildman–Crippen MR) is 90.7 cm³/mol. The van der Waals surface area contributed by atoms with Crippen LogP contribution < -0.4 is 5.32 Å². The van der Waals surface area contributed by atoms with Crippen molar-refractivity contribution in [2.45, 2.75) is 59.4 Å². The average Bonchev–Trinajstić information content (AvgIpc) is 2.89. The zero-order valence-electron chi connectivity index (χ0n) is 13.9. The second-order valence-corrected chi connectivity index (χ2v) is 6.04. The van der Waals surface area contributed by atoms with Gasteiger partial charge >= 0.3 is 0 Å². The van der Waals surface area contributed by atoms with Gasteiger partial charge in [0.1, 0.15) is 11.3 Å². The molecule has 0 aliphatic heterocycles. The highest BCUT2D eigenvalue weighted by molar-refractivity contribution is 5.82. The lowest BCUT2D eigenvalue weighted by molar-refractivity contribution is 0.396. The highest BCUT2D eigenvalue weighted by Gasteiger charge is 2.22. The molecule has 2 heteroatoms. The summed E-state index contributed by atoms with van der Waals surface area (Å²) in [5, 5.41) is 5.03. The molecule has 116 valence electrons. The van der Waals surface area contributed by atoms with Crippen molar-refractivity contribution in [3.05, 3.63) is 35.6 Å². The number of benzene rings is 1. The summed E-state index contributed by atoms with van der Waals surface area (Å²) in [4.78, 5) is 0. The first-order valence-electron chi connectivity index (χ1n) is 8.44. The van der Waals surface area contributed by atoms with Gasteiger partial charge in [-0.1, -0.05) is 52.3 Å². The lowest BCUT2D eigenvalue weighted by Gasteiger charge is -2.22. The third-order valence-electron chi connectivity index (χ3n) is 4.36. The zero-order chi connectivity index (χ0) is 15.2. The Labute approximate surface area is 128 Å². The molecule has 2 nitrogen and oxygen atoms in total. The smallest absolute Gasteiger partial charge is 0.134 e. The number of para-hydroxylation sites is 1. The quantitative estimate of drug-likeness (QED) is 0.696. The Bertz CT molecular complexity index is 558. The maximum Gasteiger partial charge on any atom is 0.134 e. The Balaban J connectivity index is 2.41. The van der Waals surface area contributed by atoms with Crippen molar-refractivity contribution < 1.29 is 4.42 Å². The van der Waals surface area contributed by atoms with Crippen LogP contribution in [0, 0.1) is 5.92 Å². The monoisotopic (exact) mass is 287 g/mol. The molecule has 0 bridgehead atoms. The molecule has 0 saturated carbocycles. The molecule has 1 N–H and O–H groups in total. The summed E-state index contributed by atoms with van der Waals surface area (Å²) < 4.78 is 6.08. The van der Waals surface area contributed by atoms with Crippen LogP contribution >= 0.6 is 0 Å². The average molecular weight is 287 g/mol. The Morgan fingerprint density at radius 2 is 1.90 bits per heavy atom. The number of hydrogen-bond donors (Lipinski definition) is 1. The molecular formula is C19H29NO. The van der Waals surface area contributed by atoms with E-state index in [0.717, 1.165) is 36.6 Å². The minimum Gasteiger partial charge on any atom is -0.461 e. The van der Waals surface area contributed by atoms with Crippen molar-refractivity contribution in [3.63, 3.8) is 0 Å². The molecule has 2 rings (SSSR count). The Kier molecular flexibility index (Phi) is 5.86. The van der Waals surface area contributed by atoms with Gasteiger partial charge in [-0.05, 0) is 31.4 Å². The minimum absolute atomic E-state index is 0.401. The number of aryl methyl sites for hydroxylation is 1. The summed E-state index contributed by atoms with van der Waals surface area (Å²) in [5.41, 5.74) is 2.42. The number of furan rings is 1. The molecule has 21 heavy (non-hydrogen) atoms. The van der Waals surface area contributed by atoms with Gasteiger partial charge in [0.25, 0.3) is 0 Å². The molecule has 0 aliphatic carbocycles. The van der Waals surface area contributed by atoms with Gasteiger partial charge in [-0.2, -0.15) is 0 Å². The summed E-state index contributed by atoms with van der Waals surface area (Å²) >= 11 is 0. The Hall–Kier alpha value is -1.28. The summed E-state index contributed by atoms with van der Waals surface area (Å²) in [6.07, 6.45) is 4.51. The van der Waals surface area contributed by atoms with E-state index in [2.05, 4.69) is 57.3 Å². The molecule has 0 radical (unpaired) electrons. The molecule has 2 aromatic rings. The van der Waals surface area contributed by atoms with Crippen LogP contribution in [0.5, 0.6) is 0 Å². The van der Waals surface area contributed by atoms with E-state index >= 15 is 0 Å². The molecule has 2 unspecified atom stereocenters. The summed E-state index contributed by atoms with van der Waals surface area (Å²) in [7, 11) is 0. The highest BCUT2D eigenvalue weighted by Crippen LogP contribution is 2.34. The maximum absolute atomic E-state index is 6.08. The van der Waals surface area contributed by atoms with E-state index < -0.39 is 0 Å². The molecule has 1 aromatic carbocycles. The van der Waals surface area contributed by atoms with Gasteiger partial charge < -0.3 is 9.73 Å². The fourth-order valence-corrected chi connectivity index (χ4v) is 2.95. The van der Waals surface area contributed by atoms with Crippen molar-refractivity contribution in [1.82, 2.24) is 5.32 Å². The number of nitrogens with one attached hydrogen (secondary N) is 1. The van der Waals surface area contributed by atoms with Crippen LogP contribution in [-0.2, 0) is 6.42 Å². The van der Waals surface area contributed by atoms with Crippen molar-refractivity contribution in [2.24, 2.45) is 5.92 Å². The third kappa shape index (κ3) is 3.68. The molecular weight excluding hydrogens is 258 g/mol. The molecule has 0 spiro atoms. The second-order valence-electron chi connectivity index (χ2n) is 6.04. The van der Waals surface area contributed by atoms with E-state index in [1.54, 1.807) is 0 Å². The Morgan fingerprint density at radius 3 is 2.57 bits per heavy atom. The molecule has 1 aromatic heterocycles. The first-order valence-corrected chi connectivity index (χ1v) is 8.44. The van der Waals surface area contributed by atoms with Gasteiger partial charge in [0.2, 0.25) is 0 Å². The van der Waals surface area contributed by atoms with E-state index in [4.69, 9.17) is 4.42 Å². The molecule has 0 fully saturated rings. The van der Waals surface area contributed by atoms with Crippen LogP contribution in [-0.4, -0.2) is 6.54 Å². The van der Waals surface area contributed by atoms with Crippen molar-refractivity contribution in [2.75, 3.05) is 6.54 Å². The molecule has 0 saturated heterocycles. The van der Waals surface area contributed by atoms with Gasteiger partial charge in [-0.25, -0.2) is 0 Å². The molecule has 0 amide bonds. The van der Waals surface area contributed by atoms with E-state index in [-0.39, 0.29) is 0 Å². The first kappa shape index (κ1) is 16.1. The van der Waals surface area contributed by atoms with Crippen LogP contribution in [0.1, 0.15) is 64.3 Å². The van der Waals surface area contributed by atoms with E-state index in [9.17, 15) is 0 Å². The minimum atomic E-state index is 0.401. The van der Waals surface area contributed by atoms with Crippen LogP contribution in [0.4, 0.5) is 0 Å². The largest absolute Gasteiger partial charge is 0.461 e. The zero-order valence-corrected chi connectivity index (χ0v) is 13.9. The maximum atomic E-state index is 6.08. The van der Waals surface area contributed by atoms with Crippen molar-refractivity contribution in [3.8, 4) is 0 Å². The van der Waals surface area contributed by atoms with Crippen LogP contribution in [0.2, 0.25) is 0 Å². The van der Waals surface area contributed by atoms with Crippen molar-refractivity contribution in [1.29, 1.82) is 0 Å². The van der Waals surface area contributed by atoms with Crippen molar-refractivity contribution >= 4 is 11.0 Å². The summed E-state index contributed by atoms with van der Waals surface area (Å²) in [6, 6.07) is 8.85. The lowest BCUT2D eigenvalue weighted by atomic mass is 9.92. The molecule has 2 atom stereocenters. The van der Waals surface area contributed by atoms with E-state index in [0.29, 0.717) is 6.04 Å². The molecule has 0 aliphatic rings. The lowest BCUT2D eigenvalue weighted by Crippen LogP contribution is -2.24. The van der Waals surface area contributed by atoms with Gasteiger partial charge in [0, 0.05) is 23.4 Å². The van der Waals surface area contributed by atoms with Crippen LogP contribution in [0.25, 0.3) is 11.0 Å². The summed E-state index contributed by atoms with van der Waals surface area (Å²) in [6.45, 7) is 10.1.